The molecule has 0 radical (unpaired) electrons. The molecule has 45 heavy (non-hydrogen) atoms. The average molecular weight is 645 g/mol. The van der Waals surface area contributed by atoms with Gasteiger partial charge in [0.15, 0.2) is 5.78 Å². The third-order valence-electron chi connectivity index (χ3n) is 9.05. The monoisotopic (exact) mass is 645 g/mol. The number of nitrogens with two attached hydrogens (primary N) is 1. The molecule has 1 atom stereocenters. The first-order valence-electron chi connectivity index (χ1n) is 19.3. The molecule has 0 aromatic heterocycles. The Balaban J connectivity index is -0.00000924. The number of methoxy groups -OCH3 is 1. The van der Waals surface area contributed by atoms with Crippen LogP contribution in [0.4, 0.5) is 0 Å². The molecule has 6 heteroatoms. The number of hydrogen-bond donors (Lipinski definition) is 2. The van der Waals surface area contributed by atoms with Gasteiger partial charge in [0.2, 0.25) is 5.66 Å². The van der Waals surface area contributed by atoms with Gasteiger partial charge in [0.05, 0.1) is 7.11 Å². The predicted octanol–water partition coefficient (Wildman–Crippen LogP) is 8.39. The Morgan fingerprint density at radius 1 is 0.578 bits per heavy atom. The van der Waals surface area contributed by atoms with Gasteiger partial charge in [-0.1, -0.05) is 174 Å². The van der Waals surface area contributed by atoms with Gasteiger partial charge in [-0.05, 0) is 45.1 Å². The Labute approximate surface area is 304 Å². The minimum absolute atomic E-state index is 0. The van der Waals surface area contributed by atoms with Crippen LogP contribution >= 0.6 is 0 Å². The molecule has 0 aromatic carbocycles. The van der Waals surface area contributed by atoms with Crippen LogP contribution in [-0.4, -0.2) is 31.1 Å². The standard InChI is InChI=1S/C39H76N2O3.Na.H/c1-4-6-8-10-12-14-16-18-20-22-24-26-28-30-32-34-36-41-39(40,38(43)44-3)37(42)35-33-31-29-27-25-23-21-19-17-15-13-11-9-7-5-2;;/h19,21,41H,4-18,20,22-36,40H2,1-3H3;;/q;+1;-1/b21-19-;;. The summed E-state index contributed by atoms with van der Waals surface area (Å²) in [5.74, 6) is -0.926. The van der Waals surface area contributed by atoms with Crippen LogP contribution in [0.25, 0.3) is 0 Å². The quantitative estimate of drug-likeness (QED) is 0.0181. The second-order valence-corrected chi connectivity index (χ2v) is 13.3. The molecule has 0 rings (SSSR count). The molecule has 1 unspecified atom stereocenters. The molecule has 0 saturated heterocycles. The molecule has 0 aliphatic heterocycles. The molecular weight excluding hydrogens is 567 g/mol. The summed E-state index contributed by atoms with van der Waals surface area (Å²) in [6.07, 6.45) is 41.8. The third-order valence-corrected chi connectivity index (χ3v) is 9.05. The van der Waals surface area contributed by atoms with Gasteiger partial charge in [-0.3, -0.25) is 15.8 Å². The maximum atomic E-state index is 12.9. The van der Waals surface area contributed by atoms with E-state index in [1.807, 2.05) is 0 Å². The number of nitrogens with one attached hydrogen (secondary N) is 1. The summed E-state index contributed by atoms with van der Waals surface area (Å²) in [6, 6.07) is 0. The Kier molecular flexibility index (Phi) is 38.2. The maximum absolute atomic E-state index is 12.9. The summed E-state index contributed by atoms with van der Waals surface area (Å²) in [4.78, 5) is 25.3. The molecule has 0 fully saturated rings. The Bertz CT molecular complexity index is 680. The van der Waals surface area contributed by atoms with Gasteiger partial charge in [0.1, 0.15) is 0 Å². The first-order chi connectivity index (χ1) is 21.5. The molecule has 0 bridgehead atoms. The van der Waals surface area contributed by atoms with Crippen molar-refractivity contribution in [1.29, 1.82) is 0 Å². The van der Waals surface area contributed by atoms with E-state index >= 15 is 0 Å². The van der Waals surface area contributed by atoms with Crippen molar-refractivity contribution in [3.8, 4) is 0 Å². The number of hydrogen-bond acceptors (Lipinski definition) is 5. The minimum Gasteiger partial charge on any atom is -1.00 e. The van der Waals surface area contributed by atoms with E-state index in [-0.39, 0.29) is 36.8 Å². The van der Waals surface area contributed by atoms with Gasteiger partial charge in [-0.2, -0.15) is 0 Å². The van der Waals surface area contributed by atoms with E-state index in [4.69, 9.17) is 10.5 Å². The summed E-state index contributed by atoms with van der Waals surface area (Å²) >= 11 is 0. The molecule has 0 heterocycles. The summed E-state index contributed by atoms with van der Waals surface area (Å²) in [5, 5.41) is 3.04. The van der Waals surface area contributed by atoms with Crippen LogP contribution in [0.5, 0.6) is 0 Å². The van der Waals surface area contributed by atoms with Gasteiger partial charge >= 0.3 is 35.5 Å². The topological polar surface area (TPSA) is 81.4 Å². The average Bonchev–Trinajstić information content (AvgIpc) is 3.03. The Hall–Kier alpha value is -0.200. The number of ether oxygens (including phenoxy) is 1. The summed E-state index contributed by atoms with van der Waals surface area (Å²) in [7, 11) is 1.30. The molecule has 5 nitrogen and oxygen atoms in total. The van der Waals surface area contributed by atoms with E-state index in [1.165, 1.54) is 155 Å². The van der Waals surface area contributed by atoms with Gasteiger partial charge in [-0.25, -0.2) is 4.79 Å². The van der Waals surface area contributed by atoms with E-state index in [2.05, 4.69) is 31.3 Å². The van der Waals surface area contributed by atoms with Crippen molar-refractivity contribution in [3.05, 3.63) is 12.2 Å². The van der Waals surface area contributed by atoms with Gasteiger partial charge in [-0.15, -0.1) is 0 Å². The summed E-state index contributed by atoms with van der Waals surface area (Å²) in [5.41, 5.74) is 4.56. The number of carbonyl (C=O) groups excluding carboxylic acids is 2. The molecular formula is C39H77N2NaO3. The van der Waals surface area contributed by atoms with Crippen LogP contribution < -0.4 is 40.6 Å². The number of esters is 1. The van der Waals surface area contributed by atoms with Gasteiger partial charge < -0.3 is 6.16 Å². The van der Waals surface area contributed by atoms with E-state index in [9.17, 15) is 9.59 Å². The SMILES string of the molecule is CCCCCCCC/C=C\CCCCCCCC(=O)C(N)(NCCCCCCCCCCCCCCCCCC)C(=O)OC.[H-].[Na+]. The molecule has 0 saturated carbocycles. The third kappa shape index (κ3) is 29.7. The van der Waals surface area contributed by atoms with Crippen molar-refractivity contribution in [2.75, 3.05) is 13.7 Å². The second-order valence-electron chi connectivity index (χ2n) is 13.3. The van der Waals surface area contributed by atoms with Crippen LogP contribution in [0.15, 0.2) is 12.2 Å². The first kappa shape index (κ1) is 46.9. The number of rotatable bonds is 35. The predicted molar refractivity (Wildman–Crippen MR) is 192 cm³/mol. The molecule has 262 valence electrons. The van der Waals surface area contributed by atoms with E-state index in [1.54, 1.807) is 0 Å². The smallest absolute Gasteiger partial charge is 1.00 e. The fraction of sp³-hybridized carbons (Fsp3) is 0.897. The molecule has 0 amide bonds. The van der Waals surface area contributed by atoms with Crippen molar-refractivity contribution < 1.29 is 45.3 Å². The van der Waals surface area contributed by atoms with E-state index in [0.29, 0.717) is 13.0 Å². The molecule has 0 spiro atoms. The normalized spacial score (nSPS) is 12.7. The van der Waals surface area contributed by atoms with Crippen molar-refractivity contribution in [3.63, 3.8) is 0 Å². The largest absolute Gasteiger partial charge is 1.00 e. The summed E-state index contributed by atoms with van der Waals surface area (Å²) < 4.78 is 4.90. The van der Waals surface area contributed by atoms with Crippen LogP contribution in [0, 0.1) is 0 Å². The minimum atomic E-state index is -1.72. The van der Waals surface area contributed by atoms with Crippen molar-refractivity contribution in [2.45, 2.75) is 212 Å². The summed E-state index contributed by atoms with van der Waals surface area (Å²) in [6.45, 7) is 5.10. The van der Waals surface area contributed by atoms with E-state index in [0.717, 1.165) is 38.5 Å². The number of unbranched alkanes of at least 4 members (excludes halogenated alkanes) is 26. The maximum Gasteiger partial charge on any atom is 1.00 e. The van der Waals surface area contributed by atoms with Gasteiger partial charge in [0.25, 0.3) is 0 Å². The van der Waals surface area contributed by atoms with Crippen LogP contribution in [-0.2, 0) is 14.3 Å². The van der Waals surface area contributed by atoms with Crippen LogP contribution in [0.1, 0.15) is 208 Å². The van der Waals surface area contributed by atoms with Crippen molar-refractivity contribution in [2.24, 2.45) is 5.73 Å². The number of allylic oxidation sites excluding steroid dienone is 2. The molecule has 0 aliphatic carbocycles. The number of carbonyl (C=O) groups is 2. The Morgan fingerprint density at radius 2 is 0.911 bits per heavy atom. The van der Waals surface area contributed by atoms with Crippen LogP contribution in [0.3, 0.4) is 0 Å². The van der Waals surface area contributed by atoms with Crippen LogP contribution in [0.2, 0.25) is 0 Å². The zero-order valence-electron chi connectivity index (χ0n) is 31.9. The number of Topliss-reactive ketones (excluding diaryl/α,β-unsaturated/α-hetero) is 1. The Morgan fingerprint density at radius 3 is 1.29 bits per heavy atom. The fourth-order valence-corrected chi connectivity index (χ4v) is 5.96. The van der Waals surface area contributed by atoms with E-state index < -0.39 is 11.6 Å². The molecule has 3 N–H and O–H groups in total. The fourth-order valence-electron chi connectivity index (χ4n) is 5.96. The van der Waals surface area contributed by atoms with Crippen molar-refractivity contribution in [1.82, 2.24) is 5.32 Å². The van der Waals surface area contributed by atoms with Crippen molar-refractivity contribution >= 4 is 11.8 Å². The zero-order chi connectivity index (χ0) is 32.4. The number of ketones is 1. The van der Waals surface area contributed by atoms with Gasteiger partial charge in [0, 0.05) is 6.42 Å². The molecule has 0 aliphatic rings. The second kappa shape index (κ2) is 36.6. The molecule has 0 aromatic rings. The first-order valence-corrected chi connectivity index (χ1v) is 19.3. The zero-order valence-corrected chi connectivity index (χ0v) is 32.9.